The molecule has 3 aromatic rings. The third-order valence-electron chi connectivity index (χ3n) is 5.66. The Morgan fingerprint density at radius 1 is 0.966 bits per heavy atom. The quantitative estimate of drug-likeness (QED) is 0.577. The number of sulfone groups is 1. The highest BCUT2D eigenvalue weighted by molar-refractivity contribution is 7.92. The van der Waals surface area contributed by atoms with Crippen molar-refractivity contribution in [3.63, 3.8) is 0 Å². The van der Waals surface area contributed by atoms with Gasteiger partial charge >= 0.3 is 0 Å². The SMILES string of the molecule is Cc1ccc(S(=O)(=O)C2CCN(c3nc(-c4cc(C)ccc4C)cs3)CC2)cc1. The molecule has 1 saturated heterocycles. The van der Waals surface area contributed by atoms with Crippen LogP contribution in [0.3, 0.4) is 0 Å². The Bertz CT molecular complexity index is 1110. The zero-order valence-electron chi connectivity index (χ0n) is 17.1. The fourth-order valence-corrected chi connectivity index (χ4v) is 6.43. The fraction of sp³-hybridized carbons (Fsp3) is 0.348. The van der Waals surface area contributed by atoms with Crippen LogP contribution < -0.4 is 4.90 Å². The number of benzene rings is 2. The van der Waals surface area contributed by atoms with Crippen LogP contribution in [0, 0.1) is 20.8 Å². The molecule has 1 aliphatic rings. The van der Waals surface area contributed by atoms with Crippen molar-refractivity contribution in [1.29, 1.82) is 0 Å². The van der Waals surface area contributed by atoms with E-state index in [2.05, 4.69) is 42.3 Å². The number of aromatic nitrogens is 1. The molecule has 0 saturated carbocycles. The van der Waals surface area contributed by atoms with Crippen molar-refractivity contribution >= 4 is 26.3 Å². The van der Waals surface area contributed by atoms with E-state index in [1.54, 1.807) is 23.5 Å². The highest BCUT2D eigenvalue weighted by atomic mass is 32.2. The summed E-state index contributed by atoms with van der Waals surface area (Å²) in [7, 11) is -3.28. The van der Waals surface area contributed by atoms with Gasteiger partial charge in [0.05, 0.1) is 15.8 Å². The van der Waals surface area contributed by atoms with Gasteiger partial charge in [-0.15, -0.1) is 11.3 Å². The number of aryl methyl sites for hydroxylation is 3. The second-order valence-electron chi connectivity index (χ2n) is 7.88. The van der Waals surface area contributed by atoms with E-state index in [-0.39, 0.29) is 5.25 Å². The molecule has 0 N–H and O–H groups in total. The van der Waals surface area contributed by atoms with Gasteiger partial charge in [0.2, 0.25) is 0 Å². The molecule has 1 aromatic heterocycles. The Labute approximate surface area is 177 Å². The van der Waals surface area contributed by atoms with Gasteiger partial charge in [-0.25, -0.2) is 13.4 Å². The van der Waals surface area contributed by atoms with Crippen LogP contribution in [0.15, 0.2) is 52.7 Å². The van der Waals surface area contributed by atoms with Crippen molar-refractivity contribution < 1.29 is 8.42 Å². The van der Waals surface area contributed by atoms with E-state index in [0.717, 1.165) is 29.5 Å². The number of anilines is 1. The summed E-state index contributed by atoms with van der Waals surface area (Å²) in [6.45, 7) is 7.60. The van der Waals surface area contributed by atoms with Crippen LogP contribution in [-0.4, -0.2) is 31.7 Å². The molecule has 0 bridgehead atoms. The van der Waals surface area contributed by atoms with E-state index in [4.69, 9.17) is 4.98 Å². The summed E-state index contributed by atoms with van der Waals surface area (Å²) in [5.74, 6) is 0. The molecule has 6 heteroatoms. The zero-order valence-corrected chi connectivity index (χ0v) is 18.7. The van der Waals surface area contributed by atoms with Crippen molar-refractivity contribution in [2.45, 2.75) is 43.8 Å². The molecule has 0 amide bonds. The van der Waals surface area contributed by atoms with Gasteiger partial charge in [-0.3, -0.25) is 0 Å². The second-order valence-corrected chi connectivity index (χ2v) is 10.9. The molecule has 152 valence electrons. The van der Waals surface area contributed by atoms with Gasteiger partial charge in [-0.1, -0.05) is 35.4 Å². The molecule has 2 aromatic carbocycles. The number of piperidine rings is 1. The maximum absolute atomic E-state index is 13.0. The number of rotatable bonds is 4. The first-order chi connectivity index (χ1) is 13.8. The summed E-state index contributed by atoms with van der Waals surface area (Å²) >= 11 is 1.64. The van der Waals surface area contributed by atoms with Crippen LogP contribution in [0.2, 0.25) is 0 Å². The predicted octanol–water partition coefficient (Wildman–Crippen LogP) is 5.18. The lowest BCUT2D eigenvalue weighted by Gasteiger charge is -2.31. The molecular weight excluding hydrogens is 400 g/mol. The summed E-state index contributed by atoms with van der Waals surface area (Å²) in [5, 5.41) is 2.76. The standard InChI is InChI=1S/C23H26N2O2S2/c1-16-5-8-19(9-6-16)29(26,27)20-10-12-25(13-11-20)23-24-22(15-28-23)21-14-17(2)4-7-18(21)3/h4-9,14-15,20H,10-13H2,1-3H3. The smallest absolute Gasteiger partial charge is 0.185 e. The minimum atomic E-state index is -3.28. The van der Waals surface area contributed by atoms with Crippen LogP contribution in [0.4, 0.5) is 5.13 Å². The molecule has 1 aliphatic heterocycles. The normalized spacial score (nSPS) is 15.6. The fourth-order valence-electron chi connectivity index (χ4n) is 3.82. The Balaban J connectivity index is 1.47. The summed E-state index contributed by atoms with van der Waals surface area (Å²) in [6, 6.07) is 13.6. The predicted molar refractivity (Wildman–Crippen MR) is 121 cm³/mol. The van der Waals surface area contributed by atoms with Gasteiger partial charge < -0.3 is 4.90 Å². The lowest BCUT2D eigenvalue weighted by Crippen LogP contribution is -2.39. The number of hydrogen-bond acceptors (Lipinski definition) is 5. The van der Waals surface area contributed by atoms with Gasteiger partial charge in [-0.05, 0) is 57.4 Å². The van der Waals surface area contributed by atoms with Crippen molar-refractivity contribution in [3.05, 3.63) is 64.5 Å². The van der Waals surface area contributed by atoms with Crippen molar-refractivity contribution in [1.82, 2.24) is 4.98 Å². The van der Waals surface area contributed by atoms with Crippen LogP contribution in [0.5, 0.6) is 0 Å². The van der Waals surface area contributed by atoms with Gasteiger partial charge in [0.25, 0.3) is 0 Å². The first-order valence-corrected chi connectivity index (χ1v) is 12.4. The summed E-state index contributed by atoms with van der Waals surface area (Å²) in [6.07, 6.45) is 1.27. The molecule has 0 radical (unpaired) electrons. The van der Waals surface area contributed by atoms with Crippen LogP contribution in [-0.2, 0) is 9.84 Å². The minimum Gasteiger partial charge on any atom is -0.348 e. The van der Waals surface area contributed by atoms with E-state index >= 15 is 0 Å². The van der Waals surface area contributed by atoms with Crippen molar-refractivity contribution in [2.75, 3.05) is 18.0 Å². The lowest BCUT2D eigenvalue weighted by atomic mass is 10.0. The Morgan fingerprint density at radius 2 is 1.62 bits per heavy atom. The maximum Gasteiger partial charge on any atom is 0.185 e. The molecule has 0 aliphatic carbocycles. The third kappa shape index (κ3) is 4.09. The Morgan fingerprint density at radius 3 is 2.31 bits per heavy atom. The van der Waals surface area contributed by atoms with Crippen LogP contribution in [0.1, 0.15) is 29.5 Å². The van der Waals surface area contributed by atoms with Gasteiger partial charge in [0.1, 0.15) is 0 Å². The molecule has 0 spiro atoms. The molecule has 0 atom stereocenters. The summed E-state index contributed by atoms with van der Waals surface area (Å²) in [4.78, 5) is 7.52. The van der Waals surface area contributed by atoms with Gasteiger partial charge in [-0.2, -0.15) is 0 Å². The van der Waals surface area contributed by atoms with E-state index in [0.29, 0.717) is 17.7 Å². The second kappa shape index (κ2) is 7.92. The van der Waals surface area contributed by atoms with Gasteiger partial charge in [0, 0.05) is 24.0 Å². The Hall–Kier alpha value is -2.18. The summed E-state index contributed by atoms with van der Waals surface area (Å²) in [5.41, 5.74) is 5.68. The monoisotopic (exact) mass is 426 g/mol. The zero-order chi connectivity index (χ0) is 20.6. The topological polar surface area (TPSA) is 50.3 Å². The first-order valence-electron chi connectivity index (χ1n) is 9.93. The molecular formula is C23H26N2O2S2. The highest BCUT2D eigenvalue weighted by Gasteiger charge is 2.32. The lowest BCUT2D eigenvalue weighted by molar-refractivity contribution is 0.529. The van der Waals surface area contributed by atoms with Crippen LogP contribution >= 0.6 is 11.3 Å². The van der Waals surface area contributed by atoms with E-state index < -0.39 is 9.84 Å². The molecule has 2 heterocycles. The van der Waals surface area contributed by atoms with Crippen LogP contribution in [0.25, 0.3) is 11.3 Å². The largest absolute Gasteiger partial charge is 0.348 e. The number of thiazole rings is 1. The summed E-state index contributed by atoms with van der Waals surface area (Å²) < 4.78 is 25.9. The van der Waals surface area contributed by atoms with Gasteiger partial charge in [0.15, 0.2) is 15.0 Å². The maximum atomic E-state index is 13.0. The van der Waals surface area contributed by atoms with E-state index in [1.807, 2.05) is 19.1 Å². The van der Waals surface area contributed by atoms with E-state index in [9.17, 15) is 8.42 Å². The average Bonchev–Trinajstić information content (AvgIpc) is 3.20. The first kappa shape index (κ1) is 20.1. The highest BCUT2D eigenvalue weighted by Crippen LogP contribution is 2.33. The minimum absolute atomic E-state index is 0.320. The molecule has 4 rings (SSSR count). The third-order valence-corrected chi connectivity index (χ3v) is 8.84. The van der Waals surface area contributed by atoms with Crippen molar-refractivity contribution in [2.24, 2.45) is 0 Å². The van der Waals surface area contributed by atoms with E-state index in [1.165, 1.54) is 16.7 Å². The number of hydrogen-bond donors (Lipinski definition) is 0. The molecule has 0 unspecified atom stereocenters. The molecule has 1 fully saturated rings. The Kier molecular flexibility index (Phi) is 5.49. The molecule has 29 heavy (non-hydrogen) atoms. The average molecular weight is 427 g/mol. The number of nitrogens with zero attached hydrogens (tertiary/aromatic N) is 2. The van der Waals surface area contributed by atoms with Crippen molar-refractivity contribution in [3.8, 4) is 11.3 Å². The molecule has 4 nitrogen and oxygen atoms in total.